The second kappa shape index (κ2) is 7.38. The summed E-state index contributed by atoms with van der Waals surface area (Å²) >= 11 is 3.46. The molecule has 2 unspecified atom stereocenters. The van der Waals surface area contributed by atoms with Crippen molar-refractivity contribution in [2.75, 3.05) is 5.32 Å². The zero-order chi connectivity index (χ0) is 15.2. The third-order valence-corrected chi connectivity index (χ3v) is 3.78. The van der Waals surface area contributed by atoms with E-state index in [9.17, 15) is 4.79 Å². The molecule has 4 heteroatoms. The molecule has 0 saturated heterocycles. The molecule has 0 aromatic heterocycles. The first-order valence-corrected chi connectivity index (χ1v) is 7.73. The molecule has 1 amide bonds. The van der Waals surface area contributed by atoms with Gasteiger partial charge in [0.2, 0.25) is 5.91 Å². The van der Waals surface area contributed by atoms with E-state index in [2.05, 4.69) is 32.6 Å². The molecule has 0 spiro atoms. The van der Waals surface area contributed by atoms with E-state index >= 15 is 0 Å². The van der Waals surface area contributed by atoms with E-state index in [0.717, 1.165) is 15.7 Å². The largest absolute Gasteiger partial charge is 0.325 e. The van der Waals surface area contributed by atoms with Crippen LogP contribution in [0.2, 0.25) is 0 Å². The molecule has 0 aliphatic heterocycles. The highest BCUT2D eigenvalue weighted by Crippen LogP contribution is 2.18. The molecule has 0 heterocycles. The van der Waals surface area contributed by atoms with Crippen LogP contribution in [0.4, 0.5) is 5.69 Å². The summed E-state index contributed by atoms with van der Waals surface area (Å²) in [7, 11) is 0. The second-order valence-corrected chi connectivity index (χ2v) is 5.94. The van der Waals surface area contributed by atoms with Gasteiger partial charge in [-0.15, -0.1) is 0 Å². The first kappa shape index (κ1) is 15.7. The second-order valence-electron chi connectivity index (χ2n) is 5.02. The summed E-state index contributed by atoms with van der Waals surface area (Å²) in [5.74, 6) is -0.0388. The first-order chi connectivity index (χ1) is 10.1. The lowest BCUT2D eigenvalue weighted by Gasteiger charge is -2.20. The number of halogens is 1. The van der Waals surface area contributed by atoms with Gasteiger partial charge >= 0.3 is 0 Å². The lowest BCUT2D eigenvalue weighted by Crippen LogP contribution is -2.39. The quantitative estimate of drug-likeness (QED) is 0.854. The lowest BCUT2D eigenvalue weighted by molar-refractivity contribution is -0.117. The molecule has 0 aliphatic rings. The summed E-state index contributed by atoms with van der Waals surface area (Å²) in [6.45, 7) is 3.92. The summed E-state index contributed by atoms with van der Waals surface area (Å²) in [5.41, 5.74) is 1.95. The van der Waals surface area contributed by atoms with Crippen LogP contribution in [-0.4, -0.2) is 11.9 Å². The maximum atomic E-state index is 12.2. The highest BCUT2D eigenvalue weighted by Gasteiger charge is 2.16. The zero-order valence-corrected chi connectivity index (χ0v) is 13.7. The molecule has 0 fully saturated rings. The minimum Gasteiger partial charge on any atom is -0.325 e. The van der Waals surface area contributed by atoms with E-state index in [1.807, 2.05) is 62.4 Å². The maximum absolute atomic E-state index is 12.2. The molecule has 21 heavy (non-hydrogen) atoms. The van der Waals surface area contributed by atoms with Gasteiger partial charge in [-0.1, -0.05) is 46.3 Å². The topological polar surface area (TPSA) is 41.1 Å². The van der Waals surface area contributed by atoms with Crippen molar-refractivity contribution >= 4 is 27.5 Å². The molecule has 0 saturated carbocycles. The predicted molar refractivity (Wildman–Crippen MR) is 90.2 cm³/mol. The molecule has 0 bridgehead atoms. The number of carbonyl (C=O) groups excluding carboxylic acids is 1. The van der Waals surface area contributed by atoms with Crippen LogP contribution < -0.4 is 10.6 Å². The number of nitrogens with one attached hydrogen (secondary N) is 2. The molecule has 2 rings (SSSR count). The third kappa shape index (κ3) is 4.69. The van der Waals surface area contributed by atoms with Crippen LogP contribution in [-0.2, 0) is 4.79 Å². The molecular weight excluding hydrogens is 328 g/mol. The summed E-state index contributed by atoms with van der Waals surface area (Å²) in [5, 5.41) is 6.21. The molecule has 2 N–H and O–H groups in total. The minimum absolute atomic E-state index is 0.0388. The molecule has 0 radical (unpaired) electrons. The molecule has 2 aromatic rings. The first-order valence-electron chi connectivity index (χ1n) is 6.93. The van der Waals surface area contributed by atoms with E-state index in [1.165, 1.54) is 0 Å². The van der Waals surface area contributed by atoms with Crippen molar-refractivity contribution in [3.63, 3.8) is 0 Å². The van der Waals surface area contributed by atoms with Gasteiger partial charge < -0.3 is 5.32 Å². The van der Waals surface area contributed by atoms with Gasteiger partial charge in [-0.05, 0) is 43.7 Å². The standard InChI is InChI=1S/C17H19BrN2O/c1-12(14-7-6-8-15(18)11-14)19-13(2)17(21)20-16-9-4-3-5-10-16/h3-13,19H,1-2H3,(H,20,21). The maximum Gasteiger partial charge on any atom is 0.241 e. The van der Waals surface area contributed by atoms with Crippen molar-refractivity contribution in [3.8, 4) is 0 Å². The van der Waals surface area contributed by atoms with E-state index in [0.29, 0.717) is 0 Å². The summed E-state index contributed by atoms with van der Waals surface area (Å²) in [4.78, 5) is 12.2. The molecular formula is C17H19BrN2O. The van der Waals surface area contributed by atoms with Crippen molar-refractivity contribution in [2.45, 2.75) is 25.9 Å². The minimum atomic E-state index is -0.279. The highest BCUT2D eigenvalue weighted by atomic mass is 79.9. The fourth-order valence-corrected chi connectivity index (χ4v) is 2.51. The van der Waals surface area contributed by atoms with Gasteiger partial charge in [-0.2, -0.15) is 0 Å². The number of hydrogen-bond donors (Lipinski definition) is 2. The van der Waals surface area contributed by atoms with Crippen LogP contribution >= 0.6 is 15.9 Å². The van der Waals surface area contributed by atoms with Gasteiger partial charge in [0, 0.05) is 16.2 Å². The average molecular weight is 347 g/mol. The number of carbonyl (C=O) groups is 1. The SMILES string of the molecule is CC(NC(C)c1cccc(Br)c1)C(=O)Nc1ccccc1. The number of para-hydroxylation sites is 1. The Bertz CT molecular complexity index is 601. The lowest BCUT2D eigenvalue weighted by atomic mass is 10.1. The highest BCUT2D eigenvalue weighted by molar-refractivity contribution is 9.10. The van der Waals surface area contributed by atoms with Gasteiger partial charge in [-0.3, -0.25) is 10.1 Å². The molecule has 3 nitrogen and oxygen atoms in total. The van der Waals surface area contributed by atoms with E-state index in [-0.39, 0.29) is 18.0 Å². The molecule has 2 atom stereocenters. The van der Waals surface area contributed by atoms with Gasteiger partial charge in [0.15, 0.2) is 0 Å². The van der Waals surface area contributed by atoms with Crippen LogP contribution in [0.5, 0.6) is 0 Å². The van der Waals surface area contributed by atoms with E-state index in [4.69, 9.17) is 0 Å². The zero-order valence-electron chi connectivity index (χ0n) is 12.1. The van der Waals surface area contributed by atoms with E-state index in [1.54, 1.807) is 0 Å². The normalized spacial score (nSPS) is 13.5. The van der Waals surface area contributed by atoms with E-state index < -0.39 is 0 Å². The Morgan fingerprint density at radius 1 is 1.05 bits per heavy atom. The van der Waals surface area contributed by atoms with Crippen molar-refractivity contribution in [1.82, 2.24) is 5.32 Å². The fourth-order valence-electron chi connectivity index (χ4n) is 2.09. The van der Waals surface area contributed by atoms with Crippen LogP contribution in [0.15, 0.2) is 59.1 Å². The van der Waals surface area contributed by atoms with Crippen LogP contribution in [0.25, 0.3) is 0 Å². The Morgan fingerprint density at radius 2 is 1.76 bits per heavy atom. The van der Waals surface area contributed by atoms with Gasteiger partial charge in [0.05, 0.1) is 6.04 Å². The van der Waals surface area contributed by atoms with Gasteiger partial charge in [0.25, 0.3) is 0 Å². The fraction of sp³-hybridized carbons (Fsp3) is 0.235. The summed E-state index contributed by atoms with van der Waals surface area (Å²) in [6.07, 6.45) is 0. The van der Waals surface area contributed by atoms with Gasteiger partial charge in [0.1, 0.15) is 0 Å². The Hall–Kier alpha value is -1.65. The van der Waals surface area contributed by atoms with Crippen LogP contribution in [0.1, 0.15) is 25.5 Å². The number of amides is 1. The summed E-state index contributed by atoms with van der Waals surface area (Å²) in [6, 6.07) is 17.4. The third-order valence-electron chi connectivity index (χ3n) is 3.28. The van der Waals surface area contributed by atoms with Crippen molar-refractivity contribution in [3.05, 3.63) is 64.6 Å². The van der Waals surface area contributed by atoms with Gasteiger partial charge in [-0.25, -0.2) is 0 Å². The van der Waals surface area contributed by atoms with Crippen molar-refractivity contribution in [1.29, 1.82) is 0 Å². The Kier molecular flexibility index (Phi) is 5.53. The Labute approximate surface area is 133 Å². The summed E-state index contributed by atoms with van der Waals surface area (Å²) < 4.78 is 1.04. The average Bonchev–Trinajstić information content (AvgIpc) is 2.48. The van der Waals surface area contributed by atoms with Crippen molar-refractivity contribution < 1.29 is 4.79 Å². The number of rotatable bonds is 5. The smallest absolute Gasteiger partial charge is 0.241 e. The number of anilines is 1. The molecule has 0 aliphatic carbocycles. The molecule has 2 aromatic carbocycles. The number of hydrogen-bond acceptors (Lipinski definition) is 2. The Morgan fingerprint density at radius 3 is 2.43 bits per heavy atom. The van der Waals surface area contributed by atoms with Crippen molar-refractivity contribution in [2.24, 2.45) is 0 Å². The monoisotopic (exact) mass is 346 g/mol. The van der Waals surface area contributed by atoms with Crippen LogP contribution in [0, 0.1) is 0 Å². The Balaban J connectivity index is 1.94. The number of benzene rings is 2. The molecule has 110 valence electrons. The predicted octanol–water partition coefficient (Wildman–Crippen LogP) is 4.13. The van der Waals surface area contributed by atoms with Crippen LogP contribution in [0.3, 0.4) is 0 Å².